The Kier molecular flexibility index (Phi) is 6.26. The molecular weight excluding hydrogens is 395 g/mol. The predicted octanol–water partition coefficient (Wildman–Crippen LogP) is 2.42. The molecule has 4 rings (SSSR count). The molecule has 0 bridgehead atoms. The van der Waals surface area contributed by atoms with Crippen LogP contribution in [-0.4, -0.2) is 84.2 Å². The number of anilines is 1. The highest BCUT2D eigenvalue weighted by atomic mass is 35.5. The summed E-state index contributed by atoms with van der Waals surface area (Å²) in [4.78, 5) is 12.6. The zero-order valence-corrected chi connectivity index (χ0v) is 17.4. The maximum absolute atomic E-state index is 15.5. The number of para-hydroxylation sites is 1. The fourth-order valence-corrected chi connectivity index (χ4v) is 4.05. The summed E-state index contributed by atoms with van der Waals surface area (Å²) in [7, 11) is 3.86. The molecule has 0 spiro atoms. The molecule has 0 radical (unpaired) electrons. The van der Waals surface area contributed by atoms with Gasteiger partial charge in [-0.15, -0.1) is 0 Å². The van der Waals surface area contributed by atoms with Crippen LogP contribution in [0.4, 0.5) is 10.1 Å². The molecule has 2 fully saturated rings. The van der Waals surface area contributed by atoms with Gasteiger partial charge in [-0.1, -0.05) is 23.7 Å². The van der Waals surface area contributed by atoms with Crippen molar-refractivity contribution in [2.75, 3.05) is 51.7 Å². The van der Waals surface area contributed by atoms with Gasteiger partial charge < -0.3 is 9.64 Å². The first-order chi connectivity index (χ1) is 14.0. The van der Waals surface area contributed by atoms with E-state index in [1.54, 1.807) is 23.5 Å². The number of rotatable bonds is 4. The zero-order valence-electron chi connectivity index (χ0n) is 16.7. The van der Waals surface area contributed by atoms with E-state index in [9.17, 15) is 0 Å². The van der Waals surface area contributed by atoms with Gasteiger partial charge >= 0.3 is 0 Å². The monoisotopic (exact) mass is 420 g/mol. The number of hydrazine groups is 1. The molecule has 1 aromatic carbocycles. The van der Waals surface area contributed by atoms with Crippen LogP contribution in [0.15, 0.2) is 42.7 Å². The van der Waals surface area contributed by atoms with Gasteiger partial charge in [0.1, 0.15) is 6.23 Å². The summed E-state index contributed by atoms with van der Waals surface area (Å²) in [6.07, 6.45) is 0.797. The lowest BCUT2D eigenvalue weighted by molar-refractivity contribution is -0.257. The molecule has 7 nitrogen and oxygen atoms in total. The molecule has 3 heterocycles. The van der Waals surface area contributed by atoms with E-state index >= 15 is 4.39 Å². The smallest absolute Gasteiger partial charge is 0.200 e. The lowest BCUT2D eigenvalue weighted by atomic mass is 10.2. The largest absolute Gasteiger partial charge is 0.368 e. The third-order valence-electron chi connectivity index (χ3n) is 5.41. The minimum absolute atomic E-state index is 0.252. The van der Waals surface area contributed by atoms with E-state index in [0.29, 0.717) is 25.5 Å². The van der Waals surface area contributed by atoms with Crippen LogP contribution in [0, 0.1) is 0 Å². The average molecular weight is 421 g/mol. The number of alkyl halides is 1. The Bertz CT molecular complexity index is 805. The van der Waals surface area contributed by atoms with E-state index in [-0.39, 0.29) is 6.23 Å². The van der Waals surface area contributed by atoms with Gasteiger partial charge in [-0.05, 0) is 32.3 Å². The summed E-state index contributed by atoms with van der Waals surface area (Å²) in [5.41, 5.74) is 1.02. The Balaban J connectivity index is 1.49. The van der Waals surface area contributed by atoms with Crippen LogP contribution in [-0.2, 0) is 4.74 Å². The maximum Gasteiger partial charge on any atom is 0.200 e. The lowest BCUT2D eigenvalue weighted by Crippen LogP contribution is -2.63. The van der Waals surface area contributed by atoms with Gasteiger partial charge in [-0.2, -0.15) is 0 Å². The molecule has 156 valence electrons. The summed E-state index contributed by atoms with van der Waals surface area (Å²) in [6, 6.07) is 9.55. The molecule has 1 aromatic heterocycles. The van der Waals surface area contributed by atoms with Crippen LogP contribution < -0.4 is 4.90 Å². The number of ether oxygens (including phenoxy) is 1. The molecule has 2 aliphatic rings. The van der Waals surface area contributed by atoms with Crippen LogP contribution in [0.3, 0.4) is 0 Å². The molecular formula is C20H26ClFN6O. The van der Waals surface area contributed by atoms with E-state index in [0.717, 1.165) is 23.8 Å². The van der Waals surface area contributed by atoms with Gasteiger partial charge in [-0.3, -0.25) is 4.90 Å². The van der Waals surface area contributed by atoms with Gasteiger partial charge in [0, 0.05) is 38.6 Å². The highest BCUT2D eigenvalue weighted by Gasteiger charge is 2.43. The maximum atomic E-state index is 15.5. The highest BCUT2D eigenvalue weighted by molar-refractivity contribution is 6.33. The van der Waals surface area contributed by atoms with Crippen LogP contribution in [0.5, 0.6) is 0 Å². The Morgan fingerprint density at radius 2 is 1.76 bits per heavy atom. The third-order valence-corrected chi connectivity index (χ3v) is 5.73. The molecule has 3 unspecified atom stereocenters. The molecule has 29 heavy (non-hydrogen) atoms. The van der Waals surface area contributed by atoms with Crippen molar-refractivity contribution in [1.29, 1.82) is 0 Å². The van der Waals surface area contributed by atoms with Crippen LogP contribution in [0.2, 0.25) is 5.02 Å². The number of hydrogen-bond acceptors (Lipinski definition) is 7. The number of halogens is 2. The number of benzene rings is 1. The zero-order chi connectivity index (χ0) is 20.4. The van der Waals surface area contributed by atoms with Gasteiger partial charge in [0.25, 0.3) is 0 Å². The van der Waals surface area contributed by atoms with Crippen LogP contribution >= 0.6 is 11.6 Å². The van der Waals surface area contributed by atoms with E-state index < -0.39 is 12.4 Å². The van der Waals surface area contributed by atoms with Crippen molar-refractivity contribution in [3.8, 4) is 0 Å². The Hall–Kier alpha value is -1.84. The van der Waals surface area contributed by atoms with Crippen molar-refractivity contribution < 1.29 is 9.13 Å². The normalized spacial score (nSPS) is 26.8. The summed E-state index contributed by atoms with van der Waals surface area (Å²) < 4.78 is 21.5. The number of likely N-dealkylation sites (N-methyl/N-ethyl adjacent to an activating group) is 1. The van der Waals surface area contributed by atoms with Crippen LogP contribution in [0.25, 0.3) is 0 Å². The average Bonchev–Trinajstić information content (AvgIpc) is 2.75. The Morgan fingerprint density at radius 1 is 1.07 bits per heavy atom. The first-order valence-corrected chi connectivity index (χ1v) is 10.2. The second-order valence-electron chi connectivity index (χ2n) is 7.47. The SMILES string of the molecule is CN(C)C1CN(N2CCN(c3ccccc3Cl)CC2)C(F)C(c2ncccn2)O1. The van der Waals surface area contributed by atoms with E-state index in [1.807, 2.05) is 43.3 Å². The van der Waals surface area contributed by atoms with E-state index in [1.165, 1.54) is 0 Å². The van der Waals surface area contributed by atoms with Gasteiger partial charge in [0.05, 0.1) is 17.3 Å². The minimum Gasteiger partial charge on any atom is -0.368 e. The molecule has 3 atom stereocenters. The van der Waals surface area contributed by atoms with Gasteiger partial charge in [0.2, 0.25) is 0 Å². The predicted molar refractivity (Wildman–Crippen MR) is 110 cm³/mol. The van der Waals surface area contributed by atoms with Crippen molar-refractivity contribution >= 4 is 17.3 Å². The van der Waals surface area contributed by atoms with Gasteiger partial charge in [-0.25, -0.2) is 24.4 Å². The summed E-state index contributed by atoms with van der Waals surface area (Å²) in [5, 5.41) is 4.59. The van der Waals surface area contributed by atoms with Crippen molar-refractivity contribution in [3.05, 3.63) is 53.6 Å². The van der Waals surface area contributed by atoms with Gasteiger partial charge in [0.15, 0.2) is 18.2 Å². The Morgan fingerprint density at radius 3 is 2.41 bits per heavy atom. The van der Waals surface area contributed by atoms with E-state index in [2.05, 4.69) is 19.9 Å². The first kappa shape index (κ1) is 20.4. The number of hydrogen-bond donors (Lipinski definition) is 0. The molecule has 2 aromatic rings. The van der Waals surface area contributed by atoms with Crippen LogP contribution in [0.1, 0.15) is 11.9 Å². The molecule has 0 aliphatic carbocycles. The molecule has 0 amide bonds. The van der Waals surface area contributed by atoms with Crippen molar-refractivity contribution in [1.82, 2.24) is 24.9 Å². The molecule has 0 saturated carbocycles. The summed E-state index contributed by atoms with van der Waals surface area (Å²) in [6.45, 7) is 3.39. The Labute approximate surface area is 175 Å². The molecule has 0 N–H and O–H groups in total. The third kappa shape index (κ3) is 4.36. The summed E-state index contributed by atoms with van der Waals surface area (Å²) >= 11 is 6.35. The molecule has 2 aliphatic heterocycles. The minimum atomic E-state index is -1.35. The molecule has 9 heteroatoms. The second-order valence-corrected chi connectivity index (χ2v) is 7.88. The standard InChI is InChI=1S/C20H26ClFN6O/c1-25(2)17-14-28(19(22)18(29-17)20-23-8-5-9-24-20)27-12-10-26(11-13-27)16-7-4-3-6-15(16)21/h3-9,17-19H,10-14H2,1-2H3. The second kappa shape index (κ2) is 8.89. The van der Waals surface area contributed by atoms with E-state index in [4.69, 9.17) is 16.3 Å². The number of aromatic nitrogens is 2. The fraction of sp³-hybridized carbons (Fsp3) is 0.500. The van der Waals surface area contributed by atoms with Crippen molar-refractivity contribution in [2.45, 2.75) is 18.6 Å². The first-order valence-electron chi connectivity index (χ1n) is 9.78. The number of morpholine rings is 1. The lowest BCUT2D eigenvalue weighted by Gasteiger charge is -2.49. The molecule has 2 saturated heterocycles. The number of piperazine rings is 1. The summed E-state index contributed by atoms with van der Waals surface area (Å²) in [5.74, 6) is 0.367. The topological polar surface area (TPSA) is 48.0 Å². The van der Waals surface area contributed by atoms with Crippen molar-refractivity contribution in [3.63, 3.8) is 0 Å². The quantitative estimate of drug-likeness (QED) is 0.704. The van der Waals surface area contributed by atoms with Crippen molar-refractivity contribution in [2.24, 2.45) is 0 Å². The highest BCUT2D eigenvalue weighted by Crippen LogP contribution is 2.33. The fourth-order valence-electron chi connectivity index (χ4n) is 3.79. The number of nitrogens with zero attached hydrogens (tertiary/aromatic N) is 6.